The first-order chi connectivity index (χ1) is 5.58. The number of hydrogen-bond donors (Lipinski definition) is 0. The van der Waals surface area contributed by atoms with Crippen molar-refractivity contribution in [2.24, 2.45) is 5.92 Å². The van der Waals surface area contributed by atoms with E-state index in [1.807, 2.05) is 0 Å². The lowest BCUT2D eigenvalue weighted by Crippen LogP contribution is -2.44. The van der Waals surface area contributed by atoms with E-state index in [1.54, 1.807) is 0 Å². The zero-order valence-electron chi connectivity index (χ0n) is 8.22. The molecule has 0 aromatic rings. The molecule has 0 radical (unpaired) electrons. The molecular weight excluding hydrogens is 152 g/mol. The van der Waals surface area contributed by atoms with Gasteiger partial charge in [0.1, 0.15) is 0 Å². The Kier molecular flexibility index (Phi) is 1.74. The first-order valence-electron chi connectivity index (χ1n) is 4.92. The Morgan fingerprint density at radius 2 is 2.17 bits per heavy atom. The molecule has 2 heterocycles. The van der Waals surface area contributed by atoms with Gasteiger partial charge in [-0.25, -0.2) is 0 Å². The maximum absolute atomic E-state index is 5.95. The van der Waals surface area contributed by atoms with Crippen LogP contribution in [0.5, 0.6) is 0 Å². The van der Waals surface area contributed by atoms with E-state index in [-0.39, 0.29) is 11.4 Å². The van der Waals surface area contributed by atoms with Gasteiger partial charge in [-0.15, -0.1) is 0 Å². The second kappa shape index (κ2) is 2.46. The molecule has 2 nitrogen and oxygen atoms in total. The van der Waals surface area contributed by atoms with E-state index >= 15 is 0 Å². The molecular formula is C10H18O2. The average molecular weight is 170 g/mol. The van der Waals surface area contributed by atoms with Crippen molar-refractivity contribution in [3.05, 3.63) is 0 Å². The number of rotatable bonds is 1. The van der Waals surface area contributed by atoms with Crippen molar-refractivity contribution in [1.82, 2.24) is 0 Å². The summed E-state index contributed by atoms with van der Waals surface area (Å²) >= 11 is 0. The lowest BCUT2D eigenvalue weighted by atomic mass is 9.81. The molecule has 0 N–H and O–H groups in total. The molecule has 0 spiro atoms. The fraction of sp³-hybridized carbons (Fsp3) is 1.00. The summed E-state index contributed by atoms with van der Waals surface area (Å²) in [5, 5.41) is 0. The molecule has 2 saturated heterocycles. The maximum Gasteiger partial charge on any atom is 0.166 e. The topological polar surface area (TPSA) is 18.5 Å². The van der Waals surface area contributed by atoms with E-state index in [2.05, 4.69) is 20.8 Å². The molecule has 12 heavy (non-hydrogen) atoms. The number of ether oxygens (including phenoxy) is 2. The van der Waals surface area contributed by atoms with E-state index in [0.29, 0.717) is 5.92 Å². The van der Waals surface area contributed by atoms with Crippen molar-refractivity contribution >= 4 is 0 Å². The molecule has 2 aliphatic rings. The van der Waals surface area contributed by atoms with Crippen molar-refractivity contribution in [1.29, 1.82) is 0 Å². The van der Waals surface area contributed by atoms with Crippen LogP contribution in [0.4, 0.5) is 0 Å². The molecule has 70 valence electrons. The zero-order chi connectivity index (χ0) is 8.82. The fourth-order valence-electron chi connectivity index (χ4n) is 2.55. The maximum atomic E-state index is 5.95. The van der Waals surface area contributed by atoms with Gasteiger partial charge in [-0.3, -0.25) is 0 Å². The molecule has 2 rings (SSSR count). The molecule has 2 aliphatic heterocycles. The van der Waals surface area contributed by atoms with Crippen LogP contribution in [0.15, 0.2) is 0 Å². The van der Waals surface area contributed by atoms with Crippen LogP contribution < -0.4 is 0 Å². The van der Waals surface area contributed by atoms with E-state index in [1.165, 1.54) is 12.8 Å². The number of fused-ring (bicyclic) bond motifs is 2. The highest BCUT2D eigenvalue weighted by Crippen LogP contribution is 2.46. The van der Waals surface area contributed by atoms with Crippen molar-refractivity contribution in [2.75, 3.05) is 6.61 Å². The quantitative estimate of drug-likeness (QED) is 0.601. The minimum absolute atomic E-state index is 0.00174. The van der Waals surface area contributed by atoms with Crippen LogP contribution in [0, 0.1) is 5.92 Å². The number of hydrogen-bond acceptors (Lipinski definition) is 2. The van der Waals surface area contributed by atoms with Gasteiger partial charge in [0.25, 0.3) is 0 Å². The SMILES string of the molecule is CC[C@@H]1CC[C@]2(C)OC[C@@]1(C)O2. The van der Waals surface area contributed by atoms with Crippen LogP contribution in [0.3, 0.4) is 0 Å². The fourth-order valence-corrected chi connectivity index (χ4v) is 2.55. The van der Waals surface area contributed by atoms with E-state index < -0.39 is 0 Å². The summed E-state index contributed by atoms with van der Waals surface area (Å²) in [6, 6.07) is 0. The van der Waals surface area contributed by atoms with Crippen LogP contribution in [0.2, 0.25) is 0 Å². The summed E-state index contributed by atoms with van der Waals surface area (Å²) in [4.78, 5) is 0. The molecule has 0 aliphatic carbocycles. The van der Waals surface area contributed by atoms with E-state index in [4.69, 9.17) is 9.47 Å². The van der Waals surface area contributed by atoms with Crippen LogP contribution in [-0.2, 0) is 9.47 Å². The zero-order valence-corrected chi connectivity index (χ0v) is 8.22. The Labute approximate surface area is 74.2 Å². The lowest BCUT2D eigenvalue weighted by molar-refractivity contribution is -0.211. The van der Waals surface area contributed by atoms with Crippen molar-refractivity contribution in [3.63, 3.8) is 0 Å². The second-order valence-electron chi connectivity index (χ2n) is 4.48. The standard InChI is InChI=1S/C10H18O2/c1-4-8-5-6-10(3)11-7-9(8,2)12-10/h8H,4-7H2,1-3H3/t8-,9-,10-/m1/s1. The highest BCUT2D eigenvalue weighted by Gasteiger charge is 2.52. The highest BCUT2D eigenvalue weighted by atomic mass is 16.8. The van der Waals surface area contributed by atoms with Gasteiger partial charge in [-0.2, -0.15) is 0 Å². The Hall–Kier alpha value is -0.0800. The molecule has 0 unspecified atom stereocenters. The van der Waals surface area contributed by atoms with Crippen molar-refractivity contribution in [3.8, 4) is 0 Å². The third kappa shape index (κ3) is 1.09. The summed E-state index contributed by atoms with van der Waals surface area (Å²) in [7, 11) is 0. The molecule has 0 saturated carbocycles. The van der Waals surface area contributed by atoms with Gasteiger partial charge in [0, 0.05) is 6.42 Å². The molecule has 2 heteroatoms. The smallest absolute Gasteiger partial charge is 0.166 e. The van der Waals surface area contributed by atoms with Gasteiger partial charge in [0.05, 0.1) is 12.2 Å². The van der Waals surface area contributed by atoms with Gasteiger partial charge >= 0.3 is 0 Å². The predicted molar refractivity (Wildman–Crippen MR) is 46.9 cm³/mol. The van der Waals surface area contributed by atoms with Crippen LogP contribution in [-0.4, -0.2) is 18.0 Å². The third-order valence-electron chi connectivity index (χ3n) is 3.42. The Bertz CT molecular complexity index is 192. The highest BCUT2D eigenvalue weighted by molar-refractivity contribution is 4.95. The van der Waals surface area contributed by atoms with Crippen LogP contribution >= 0.6 is 0 Å². The Balaban J connectivity index is 2.18. The Morgan fingerprint density at radius 3 is 2.83 bits per heavy atom. The molecule has 0 amide bonds. The normalized spacial score (nSPS) is 52.8. The van der Waals surface area contributed by atoms with Crippen molar-refractivity contribution < 1.29 is 9.47 Å². The first-order valence-corrected chi connectivity index (χ1v) is 4.92. The molecule has 2 fully saturated rings. The summed E-state index contributed by atoms with van der Waals surface area (Å²) in [6.07, 6.45) is 3.51. The summed E-state index contributed by atoms with van der Waals surface area (Å²) < 4.78 is 11.6. The predicted octanol–water partition coefficient (Wildman–Crippen LogP) is 2.33. The van der Waals surface area contributed by atoms with Crippen LogP contribution in [0.1, 0.15) is 40.0 Å². The van der Waals surface area contributed by atoms with Crippen LogP contribution in [0.25, 0.3) is 0 Å². The van der Waals surface area contributed by atoms with Gasteiger partial charge < -0.3 is 9.47 Å². The van der Waals surface area contributed by atoms with E-state index in [9.17, 15) is 0 Å². The monoisotopic (exact) mass is 170 g/mol. The lowest BCUT2D eigenvalue weighted by Gasteiger charge is -2.39. The molecule has 0 aromatic carbocycles. The first kappa shape index (κ1) is 8.52. The minimum Gasteiger partial charge on any atom is -0.347 e. The summed E-state index contributed by atoms with van der Waals surface area (Å²) in [5.41, 5.74) is 0.00174. The minimum atomic E-state index is -0.263. The molecule has 0 aromatic heterocycles. The summed E-state index contributed by atoms with van der Waals surface area (Å²) in [5.74, 6) is 0.425. The van der Waals surface area contributed by atoms with E-state index in [0.717, 1.165) is 13.0 Å². The van der Waals surface area contributed by atoms with Gasteiger partial charge in [0.15, 0.2) is 5.79 Å². The average Bonchev–Trinajstić information content (AvgIpc) is 2.24. The van der Waals surface area contributed by atoms with Crippen molar-refractivity contribution in [2.45, 2.75) is 51.4 Å². The summed E-state index contributed by atoms with van der Waals surface area (Å²) in [6.45, 7) is 7.26. The van der Waals surface area contributed by atoms with Gasteiger partial charge in [-0.1, -0.05) is 13.3 Å². The second-order valence-corrected chi connectivity index (χ2v) is 4.48. The third-order valence-corrected chi connectivity index (χ3v) is 3.42. The largest absolute Gasteiger partial charge is 0.347 e. The van der Waals surface area contributed by atoms with Gasteiger partial charge in [0.2, 0.25) is 0 Å². The van der Waals surface area contributed by atoms with Gasteiger partial charge in [-0.05, 0) is 26.2 Å². The Morgan fingerprint density at radius 1 is 1.42 bits per heavy atom. The molecule has 3 atom stereocenters. The molecule has 2 bridgehead atoms.